The third-order valence-electron chi connectivity index (χ3n) is 9.49. The fraction of sp³-hybridized carbons (Fsp3) is 0.342. The Hall–Kier alpha value is -5.01. The summed E-state index contributed by atoms with van der Waals surface area (Å²) < 4.78 is 19.4. The molecule has 2 N–H and O–H groups in total. The largest absolute Gasteiger partial charge is 0.353 e. The normalized spacial score (nSPS) is 23.2. The molecule has 3 aromatic carbocycles. The second-order valence-corrected chi connectivity index (χ2v) is 13.1. The number of aliphatic imine (C=N–C) groups is 1. The van der Waals surface area contributed by atoms with Crippen LogP contribution in [0.3, 0.4) is 0 Å². The van der Waals surface area contributed by atoms with Gasteiger partial charge in [-0.25, -0.2) is 4.99 Å². The van der Waals surface area contributed by atoms with Gasteiger partial charge in [0.2, 0.25) is 12.3 Å². The first-order valence-corrected chi connectivity index (χ1v) is 17.1. The van der Waals surface area contributed by atoms with E-state index >= 15 is 0 Å². The molecule has 0 radical (unpaired) electrons. The maximum absolute atomic E-state index is 13.3. The first kappa shape index (κ1) is 32.2. The molecular weight excluding hydrogens is 634 g/mol. The van der Waals surface area contributed by atoms with Crippen molar-refractivity contribution in [1.82, 2.24) is 20.0 Å². The van der Waals surface area contributed by atoms with Gasteiger partial charge in [-0.3, -0.25) is 9.48 Å². The van der Waals surface area contributed by atoms with Crippen molar-refractivity contribution in [3.8, 4) is 0 Å². The van der Waals surface area contributed by atoms with Gasteiger partial charge in [-0.2, -0.15) is 5.10 Å². The van der Waals surface area contributed by atoms with Gasteiger partial charge >= 0.3 is 0 Å². The number of carbonyl (C=O) groups excluding carboxylic acids is 1. The number of hydrogen-bond donors (Lipinski definition) is 2. The number of aliphatic hydroxyl groups excluding tert-OH is 1. The Morgan fingerprint density at radius 2 is 1.80 bits per heavy atom. The SMILES string of the molecule is Cn1cc([C@H]2C[C@@H]2C(=O)Nc2cc3cc(N4C(O)OC[C@@H]4COC4CCCCO4)cc(N=C(c4ccccc4)c4ccccc4)c3nn2)cn1. The van der Waals surface area contributed by atoms with Crippen LogP contribution in [-0.4, -0.2) is 75.3 Å². The Labute approximate surface area is 289 Å². The molecule has 1 aliphatic carbocycles. The fourth-order valence-corrected chi connectivity index (χ4v) is 6.80. The van der Waals surface area contributed by atoms with Gasteiger partial charge in [0.25, 0.3) is 0 Å². The average Bonchev–Trinajstić information content (AvgIpc) is 3.70. The first-order valence-electron chi connectivity index (χ1n) is 17.1. The molecule has 5 atom stereocenters. The predicted octanol–water partition coefficient (Wildman–Crippen LogP) is 5.30. The molecule has 2 aliphatic heterocycles. The van der Waals surface area contributed by atoms with E-state index in [2.05, 4.69) is 20.6 Å². The van der Waals surface area contributed by atoms with E-state index in [1.165, 1.54) is 0 Å². The number of nitrogens with zero attached hydrogens (tertiary/aromatic N) is 6. The maximum Gasteiger partial charge on any atom is 0.238 e. The molecule has 1 saturated carbocycles. The molecule has 0 spiro atoms. The van der Waals surface area contributed by atoms with Crippen molar-refractivity contribution in [3.63, 3.8) is 0 Å². The molecule has 5 aromatic rings. The highest BCUT2D eigenvalue weighted by atomic mass is 16.7. The van der Waals surface area contributed by atoms with E-state index in [-0.39, 0.29) is 36.7 Å². The summed E-state index contributed by atoms with van der Waals surface area (Å²) in [5.74, 6) is 0.204. The van der Waals surface area contributed by atoms with Crippen molar-refractivity contribution >= 4 is 39.7 Å². The second-order valence-electron chi connectivity index (χ2n) is 13.1. The van der Waals surface area contributed by atoms with Crippen LogP contribution in [0.1, 0.15) is 48.3 Å². The van der Waals surface area contributed by atoms with E-state index in [0.717, 1.165) is 48.1 Å². The minimum atomic E-state index is -1.19. The van der Waals surface area contributed by atoms with Crippen LogP contribution >= 0.6 is 0 Å². The van der Waals surface area contributed by atoms with E-state index in [4.69, 9.17) is 19.2 Å². The van der Waals surface area contributed by atoms with Crippen molar-refractivity contribution in [2.45, 2.75) is 50.3 Å². The number of fused-ring (bicyclic) bond motifs is 1. The van der Waals surface area contributed by atoms with E-state index in [9.17, 15) is 9.90 Å². The highest BCUT2D eigenvalue weighted by Gasteiger charge is 2.44. The summed E-state index contributed by atoms with van der Waals surface area (Å²) in [5.41, 5.74) is 5.45. The number of rotatable bonds is 10. The molecule has 2 unspecified atom stereocenters. The maximum atomic E-state index is 13.3. The van der Waals surface area contributed by atoms with Gasteiger partial charge in [0, 0.05) is 48.0 Å². The van der Waals surface area contributed by atoms with E-state index in [1.807, 2.05) is 92.2 Å². The zero-order valence-corrected chi connectivity index (χ0v) is 27.8. The number of ether oxygens (including phenoxy) is 3. The number of nitrogens with one attached hydrogen (secondary N) is 1. The second kappa shape index (κ2) is 14.1. The Morgan fingerprint density at radius 1 is 1.02 bits per heavy atom. The number of anilines is 2. The van der Waals surface area contributed by atoms with Gasteiger partial charge in [-0.15, -0.1) is 10.2 Å². The average molecular weight is 674 g/mol. The summed E-state index contributed by atoms with van der Waals surface area (Å²) in [5, 5.41) is 28.1. The number of aromatic nitrogens is 4. The lowest BCUT2D eigenvalue weighted by Gasteiger charge is -2.30. The fourth-order valence-electron chi connectivity index (χ4n) is 6.80. The Bertz CT molecular complexity index is 1960. The predicted molar refractivity (Wildman–Crippen MR) is 188 cm³/mol. The van der Waals surface area contributed by atoms with Crippen LogP contribution in [0.4, 0.5) is 17.2 Å². The summed E-state index contributed by atoms with van der Waals surface area (Å²) in [4.78, 5) is 20.3. The monoisotopic (exact) mass is 673 g/mol. The van der Waals surface area contributed by atoms with Gasteiger partial charge in [-0.05, 0) is 55.4 Å². The molecule has 1 amide bonds. The highest BCUT2D eigenvalue weighted by Crippen LogP contribution is 2.48. The molecule has 50 heavy (non-hydrogen) atoms. The molecule has 2 saturated heterocycles. The smallest absolute Gasteiger partial charge is 0.238 e. The van der Waals surface area contributed by atoms with Crippen molar-refractivity contribution in [3.05, 3.63) is 108 Å². The Morgan fingerprint density at radius 3 is 2.50 bits per heavy atom. The Balaban J connectivity index is 1.16. The van der Waals surface area contributed by atoms with Gasteiger partial charge in [0.15, 0.2) is 12.1 Å². The summed E-state index contributed by atoms with van der Waals surface area (Å²) >= 11 is 0. The molecule has 4 heterocycles. The van der Waals surface area contributed by atoms with Gasteiger partial charge in [-0.1, -0.05) is 60.7 Å². The summed E-state index contributed by atoms with van der Waals surface area (Å²) in [6, 6.07) is 25.3. The highest BCUT2D eigenvalue weighted by molar-refractivity contribution is 6.15. The Kier molecular flexibility index (Phi) is 9.07. The van der Waals surface area contributed by atoms with Crippen molar-refractivity contribution in [1.29, 1.82) is 0 Å². The molecule has 256 valence electrons. The van der Waals surface area contributed by atoms with Gasteiger partial charge in [0.05, 0.1) is 36.9 Å². The van der Waals surface area contributed by atoms with E-state index in [1.54, 1.807) is 15.6 Å². The number of amides is 1. The molecule has 12 nitrogen and oxygen atoms in total. The minimum absolute atomic E-state index is 0.108. The quantitative estimate of drug-likeness (QED) is 0.189. The van der Waals surface area contributed by atoms with Crippen molar-refractivity contribution < 1.29 is 24.1 Å². The lowest BCUT2D eigenvalue weighted by molar-refractivity contribution is -0.164. The number of hydrogen-bond acceptors (Lipinski definition) is 10. The third kappa shape index (κ3) is 6.88. The first-order chi connectivity index (χ1) is 24.5. The third-order valence-corrected chi connectivity index (χ3v) is 9.49. The molecule has 2 aromatic heterocycles. The zero-order chi connectivity index (χ0) is 34.0. The summed E-state index contributed by atoms with van der Waals surface area (Å²) in [7, 11) is 1.87. The number of aliphatic hydroxyl groups is 1. The van der Waals surface area contributed by atoms with Crippen LogP contribution in [0, 0.1) is 5.92 Å². The van der Waals surface area contributed by atoms with Crippen LogP contribution in [0.25, 0.3) is 10.9 Å². The van der Waals surface area contributed by atoms with Crippen LogP contribution in [-0.2, 0) is 26.1 Å². The van der Waals surface area contributed by atoms with Crippen LogP contribution in [0.5, 0.6) is 0 Å². The van der Waals surface area contributed by atoms with E-state index in [0.29, 0.717) is 41.3 Å². The molecule has 0 bridgehead atoms. The number of carbonyl (C=O) groups is 1. The minimum Gasteiger partial charge on any atom is -0.353 e. The van der Waals surface area contributed by atoms with Crippen LogP contribution in [0.2, 0.25) is 0 Å². The topological polar surface area (TPSA) is 136 Å². The summed E-state index contributed by atoms with van der Waals surface area (Å²) in [6.45, 7) is 1.27. The molecular formula is C38H39N7O5. The molecule has 12 heteroatoms. The lowest BCUT2D eigenvalue weighted by atomic mass is 10.0. The van der Waals surface area contributed by atoms with Gasteiger partial charge in [0.1, 0.15) is 5.52 Å². The zero-order valence-electron chi connectivity index (χ0n) is 27.8. The molecule has 3 fully saturated rings. The molecule has 8 rings (SSSR count). The summed E-state index contributed by atoms with van der Waals surface area (Å²) in [6.07, 6.45) is 5.98. The van der Waals surface area contributed by atoms with Crippen molar-refractivity contribution in [2.75, 3.05) is 30.0 Å². The van der Waals surface area contributed by atoms with Crippen molar-refractivity contribution in [2.24, 2.45) is 18.0 Å². The van der Waals surface area contributed by atoms with E-state index < -0.39 is 6.41 Å². The van der Waals surface area contributed by atoms with Gasteiger partial charge < -0.3 is 29.5 Å². The van der Waals surface area contributed by atoms with Crippen LogP contribution in [0.15, 0.2) is 96.2 Å². The van der Waals surface area contributed by atoms with Crippen LogP contribution < -0.4 is 10.2 Å². The number of benzene rings is 3. The standard InChI is InChI=1S/C38H39N7O5/c1-44-21-27(20-39-44)30-19-31(30)37(46)41-33-17-26-16-28(45-29(23-50-38(45)47)22-49-34-14-8-9-15-48-34)18-32(36(26)43-42-33)40-35(24-10-4-2-5-11-24)25-12-6-3-7-13-25/h2-7,10-13,16-18,20-21,29-31,34,38,47H,8-9,14-15,19,22-23H2,1H3,(H,41,42,46)/t29-,30+,31-,34?,38?/m0/s1. The number of aryl methyl sites for hydroxylation is 1. The molecule has 3 aliphatic rings. The lowest BCUT2D eigenvalue weighted by Crippen LogP contribution is -2.41.